The molecular formula is C25H23N3O2S. The van der Waals surface area contributed by atoms with E-state index in [1.165, 1.54) is 4.90 Å². The van der Waals surface area contributed by atoms with Gasteiger partial charge >= 0.3 is 0 Å². The lowest BCUT2D eigenvalue weighted by molar-refractivity contribution is 0.0951. The molecule has 0 aliphatic carbocycles. The number of aromatic nitrogens is 2. The maximum absolute atomic E-state index is 12.7. The molecule has 0 atom stereocenters. The largest absolute Gasteiger partial charge is 0.348 e. The molecule has 3 aromatic carbocycles. The Balaban J connectivity index is 1.47. The Morgan fingerprint density at radius 1 is 0.968 bits per heavy atom. The van der Waals surface area contributed by atoms with Crippen molar-refractivity contribution in [2.24, 2.45) is 0 Å². The number of rotatable bonds is 6. The average molecular weight is 430 g/mol. The summed E-state index contributed by atoms with van der Waals surface area (Å²) in [5.41, 5.74) is 4.55. The highest BCUT2D eigenvalue weighted by molar-refractivity contribution is 7.98. The van der Waals surface area contributed by atoms with Crippen LogP contribution in [0.25, 0.3) is 11.0 Å². The first-order chi connectivity index (χ1) is 15.0. The third kappa shape index (κ3) is 4.70. The van der Waals surface area contributed by atoms with Gasteiger partial charge < -0.3 is 9.88 Å². The third-order valence-electron chi connectivity index (χ3n) is 5.18. The van der Waals surface area contributed by atoms with Crippen molar-refractivity contribution in [1.82, 2.24) is 14.9 Å². The molecular weight excluding hydrogens is 406 g/mol. The van der Waals surface area contributed by atoms with Gasteiger partial charge in [0.15, 0.2) is 0 Å². The van der Waals surface area contributed by atoms with E-state index in [0.717, 1.165) is 22.2 Å². The van der Waals surface area contributed by atoms with Crippen LogP contribution in [0, 0.1) is 6.92 Å². The number of hydrogen-bond acceptors (Lipinski definition) is 4. The second kappa shape index (κ2) is 9.18. The molecule has 4 rings (SSSR count). The predicted molar refractivity (Wildman–Crippen MR) is 126 cm³/mol. The van der Waals surface area contributed by atoms with Crippen LogP contribution in [0.2, 0.25) is 0 Å². The number of carbonyl (C=O) groups excluding carboxylic acids is 1. The van der Waals surface area contributed by atoms with Crippen LogP contribution >= 0.6 is 11.8 Å². The van der Waals surface area contributed by atoms with Crippen LogP contribution in [0.15, 0.2) is 82.5 Å². The van der Waals surface area contributed by atoms with E-state index in [-0.39, 0.29) is 11.5 Å². The number of nitrogens with zero attached hydrogens (tertiary/aromatic N) is 2. The molecule has 6 heteroatoms. The van der Waals surface area contributed by atoms with Gasteiger partial charge in [0.1, 0.15) is 5.69 Å². The van der Waals surface area contributed by atoms with Crippen LogP contribution in [0.3, 0.4) is 0 Å². The van der Waals surface area contributed by atoms with Gasteiger partial charge in [-0.3, -0.25) is 9.59 Å². The van der Waals surface area contributed by atoms with E-state index in [2.05, 4.69) is 10.3 Å². The Morgan fingerprint density at radius 2 is 1.65 bits per heavy atom. The van der Waals surface area contributed by atoms with Gasteiger partial charge in [-0.15, -0.1) is 11.8 Å². The molecule has 0 fully saturated rings. The number of benzene rings is 3. The summed E-state index contributed by atoms with van der Waals surface area (Å²) in [7, 11) is 0. The summed E-state index contributed by atoms with van der Waals surface area (Å²) >= 11 is 1.69. The maximum Gasteiger partial charge on any atom is 0.272 e. The van der Waals surface area contributed by atoms with Crippen molar-refractivity contribution >= 4 is 28.7 Å². The van der Waals surface area contributed by atoms with E-state index in [1.807, 2.05) is 66.9 Å². The third-order valence-corrected chi connectivity index (χ3v) is 5.93. The summed E-state index contributed by atoms with van der Waals surface area (Å²) in [6, 6.07) is 23.1. The second-order valence-corrected chi connectivity index (χ2v) is 8.18. The standard InChI is InChI=1S/C25H23N3O2S/c1-17-25(30)28(23-6-4-3-5-22(23)27-17)16-19-7-11-20(12-8-19)24(29)26-15-18-9-13-21(31-2)14-10-18/h3-14H,15-16H2,1-2H3,(H,26,29). The normalized spacial score (nSPS) is 10.9. The highest BCUT2D eigenvalue weighted by Crippen LogP contribution is 2.15. The minimum absolute atomic E-state index is 0.104. The van der Waals surface area contributed by atoms with Crippen LogP contribution < -0.4 is 10.9 Å². The maximum atomic E-state index is 12.7. The smallest absolute Gasteiger partial charge is 0.272 e. The van der Waals surface area contributed by atoms with Gasteiger partial charge in [-0.25, -0.2) is 4.98 Å². The zero-order chi connectivity index (χ0) is 21.8. The van der Waals surface area contributed by atoms with Gasteiger partial charge in [0.05, 0.1) is 17.6 Å². The van der Waals surface area contributed by atoms with E-state index in [0.29, 0.717) is 24.3 Å². The number of fused-ring (bicyclic) bond motifs is 1. The molecule has 0 saturated heterocycles. The lowest BCUT2D eigenvalue weighted by Gasteiger charge is -2.12. The van der Waals surface area contributed by atoms with E-state index in [1.54, 1.807) is 35.4 Å². The molecule has 0 unspecified atom stereocenters. The molecule has 0 aliphatic heterocycles. The fourth-order valence-electron chi connectivity index (χ4n) is 3.45. The Bertz CT molecular complexity index is 1280. The molecule has 5 nitrogen and oxygen atoms in total. The average Bonchev–Trinajstić information content (AvgIpc) is 2.81. The number of nitrogens with one attached hydrogen (secondary N) is 1. The van der Waals surface area contributed by atoms with Crippen molar-refractivity contribution in [1.29, 1.82) is 0 Å². The van der Waals surface area contributed by atoms with Gasteiger partial charge in [0, 0.05) is 17.0 Å². The van der Waals surface area contributed by atoms with Crippen LogP contribution in [-0.2, 0) is 13.1 Å². The monoisotopic (exact) mass is 429 g/mol. The fourth-order valence-corrected chi connectivity index (χ4v) is 3.86. The second-order valence-electron chi connectivity index (χ2n) is 7.30. The van der Waals surface area contributed by atoms with Gasteiger partial charge in [0.2, 0.25) is 0 Å². The Kier molecular flexibility index (Phi) is 6.18. The number of amides is 1. The van der Waals surface area contributed by atoms with E-state index < -0.39 is 0 Å². The molecule has 0 bridgehead atoms. The molecule has 1 aromatic heterocycles. The van der Waals surface area contributed by atoms with Crippen LogP contribution in [0.1, 0.15) is 27.2 Å². The highest BCUT2D eigenvalue weighted by atomic mass is 32.2. The lowest BCUT2D eigenvalue weighted by atomic mass is 10.1. The molecule has 1 N–H and O–H groups in total. The molecule has 1 amide bonds. The SMILES string of the molecule is CSc1ccc(CNC(=O)c2ccc(Cn3c(=O)c(C)nc4ccccc43)cc2)cc1. The first-order valence-corrected chi connectivity index (χ1v) is 11.2. The van der Waals surface area contributed by atoms with Crippen molar-refractivity contribution in [3.05, 3.63) is 106 Å². The first-order valence-electron chi connectivity index (χ1n) is 10.0. The summed E-state index contributed by atoms with van der Waals surface area (Å²) in [6.07, 6.45) is 2.04. The summed E-state index contributed by atoms with van der Waals surface area (Å²) in [6.45, 7) is 2.63. The molecule has 0 aliphatic rings. The number of carbonyl (C=O) groups is 1. The zero-order valence-corrected chi connectivity index (χ0v) is 18.3. The zero-order valence-electron chi connectivity index (χ0n) is 17.5. The van der Waals surface area contributed by atoms with Crippen molar-refractivity contribution in [2.45, 2.75) is 24.9 Å². The first kappa shape index (κ1) is 20.9. The fraction of sp³-hybridized carbons (Fsp3) is 0.160. The molecule has 0 spiro atoms. The highest BCUT2D eigenvalue weighted by Gasteiger charge is 2.10. The quantitative estimate of drug-likeness (QED) is 0.461. The number of para-hydroxylation sites is 2. The summed E-state index contributed by atoms with van der Waals surface area (Å²) < 4.78 is 1.73. The van der Waals surface area contributed by atoms with Gasteiger partial charge in [-0.2, -0.15) is 0 Å². The van der Waals surface area contributed by atoms with Gasteiger partial charge in [-0.1, -0.05) is 36.4 Å². The van der Waals surface area contributed by atoms with E-state index in [9.17, 15) is 9.59 Å². The molecule has 0 saturated carbocycles. The summed E-state index contributed by atoms with van der Waals surface area (Å²) in [4.78, 5) is 30.7. The van der Waals surface area contributed by atoms with Crippen molar-refractivity contribution in [2.75, 3.05) is 6.26 Å². The summed E-state index contributed by atoms with van der Waals surface area (Å²) in [5.74, 6) is -0.122. The van der Waals surface area contributed by atoms with Crippen molar-refractivity contribution in [3.63, 3.8) is 0 Å². The van der Waals surface area contributed by atoms with E-state index >= 15 is 0 Å². The molecule has 0 radical (unpaired) electrons. The van der Waals surface area contributed by atoms with Crippen LogP contribution in [-0.4, -0.2) is 21.7 Å². The Hall–Kier alpha value is -3.38. The Morgan fingerprint density at radius 3 is 2.35 bits per heavy atom. The van der Waals surface area contributed by atoms with Crippen LogP contribution in [0.5, 0.6) is 0 Å². The number of hydrogen-bond donors (Lipinski definition) is 1. The Labute approximate surface area is 185 Å². The predicted octanol–water partition coefficient (Wildman–Crippen LogP) is 4.41. The van der Waals surface area contributed by atoms with Crippen molar-refractivity contribution in [3.8, 4) is 0 Å². The molecule has 4 aromatic rings. The number of aryl methyl sites for hydroxylation is 1. The number of thioether (sulfide) groups is 1. The van der Waals surface area contributed by atoms with Gasteiger partial charge in [0.25, 0.3) is 11.5 Å². The molecule has 156 valence electrons. The van der Waals surface area contributed by atoms with Crippen molar-refractivity contribution < 1.29 is 4.79 Å². The van der Waals surface area contributed by atoms with E-state index in [4.69, 9.17) is 0 Å². The summed E-state index contributed by atoms with van der Waals surface area (Å²) in [5, 5.41) is 2.95. The minimum atomic E-state index is -0.122. The lowest BCUT2D eigenvalue weighted by Crippen LogP contribution is -2.25. The van der Waals surface area contributed by atoms with Crippen LogP contribution in [0.4, 0.5) is 0 Å². The molecule has 31 heavy (non-hydrogen) atoms. The molecule has 1 heterocycles. The van der Waals surface area contributed by atoms with Gasteiger partial charge in [-0.05, 0) is 60.7 Å². The topological polar surface area (TPSA) is 64.0 Å². The minimum Gasteiger partial charge on any atom is -0.348 e.